The lowest BCUT2D eigenvalue weighted by atomic mass is 9.99. The van der Waals surface area contributed by atoms with Crippen molar-refractivity contribution in [3.8, 4) is 5.75 Å². The third-order valence-corrected chi connectivity index (χ3v) is 4.00. The second kappa shape index (κ2) is 14.4. The standard InChI is InChI=1S/C17H20O4.3C2H6/c1-19-10-17-14(18)9-16(21-17)13-7-11-5-3-4-6-12(11)8-15(13)20-2;3*1-2/h3-8,14,16-18H,9-10H2,1-2H3;3*1-2H3/t14?,16-,17-;;;/m1.../s1. The first-order valence-corrected chi connectivity index (χ1v) is 10.1. The van der Waals surface area contributed by atoms with Crippen LogP contribution in [0.1, 0.15) is 59.6 Å². The molecule has 154 valence electrons. The fraction of sp³-hybridized carbons (Fsp3) is 0.565. The van der Waals surface area contributed by atoms with Crippen molar-refractivity contribution in [3.05, 3.63) is 42.0 Å². The molecular formula is C23H38O4. The second-order valence-electron chi connectivity index (χ2n) is 5.36. The smallest absolute Gasteiger partial charge is 0.125 e. The van der Waals surface area contributed by atoms with Gasteiger partial charge in [-0.15, -0.1) is 0 Å². The van der Waals surface area contributed by atoms with Crippen LogP contribution in [-0.4, -0.2) is 38.1 Å². The maximum Gasteiger partial charge on any atom is 0.125 e. The lowest BCUT2D eigenvalue weighted by Crippen LogP contribution is -2.25. The van der Waals surface area contributed by atoms with Crippen molar-refractivity contribution in [2.45, 2.75) is 66.3 Å². The van der Waals surface area contributed by atoms with E-state index in [0.29, 0.717) is 13.0 Å². The molecule has 1 N–H and O–H groups in total. The Hall–Kier alpha value is -1.62. The van der Waals surface area contributed by atoms with E-state index in [1.54, 1.807) is 14.2 Å². The van der Waals surface area contributed by atoms with E-state index >= 15 is 0 Å². The number of aliphatic hydroxyl groups is 1. The summed E-state index contributed by atoms with van der Waals surface area (Å²) in [6.07, 6.45) is -0.398. The Morgan fingerprint density at radius 2 is 1.52 bits per heavy atom. The van der Waals surface area contributed by atoms with Crippen LogP contribution in [0, 0.1) is 0 Å². The minimum Gasteiger partial charge on any atom is -0.496 e. The Labute approximate surface area is 165 Å². The summed E-state index contributed by atoms with van der Waals surface area (Å²) >= 11 is 0. The van der Waals surface area contributed by atoms with Crippen molar-refractivity contribution < 1.29 is 19.3 Å². The second-order valence-corrected chi connectivity index (χ2v) is 5.36. The molecule has 1 saturated heterocycles. The zero-order valence-electron chi connectivity index (χ0n) is 18.3. The van der Waals surface area contributed by atoms with Crippen LogP contribution in [0.3, 0.4) is 0 Å². The molecule has 1 aliphatic heterocycles. The van der Waals surface area contributed by atoms with Gasteiger partial charge in [0.25, 0.3) is 0 Å². The fourth-order valence-electron chi connectivity index (χ4n) is 2.91. The van der Waals surface area contributed by atoms with Gasteiger partial charge in [0.05, 0.1) is 25.9 Å². The lowest BCUT2D eigenvalue weighted by molar-refractivity contribution is -0.0342. The largest absolute Gasteiger partial charge is 0.496 e. The number of methoxy groups -OCH3 is 2. The predicted octanol–water partition coefficient (Wildman–Crippen LogP) is 5.76. The van der Waals surface area contributed by atoms with Gasteiger partial charge in [0, 0.05) is 19.1 Å². The molecule has 0 spiro atoms. The number of aliphatic hydroxyl groups excluding tert-OH is 1. The molecule has 1 fully saturated rings. The topological polar surface area (TPSA) is 47.9 Å². The van der Waals surface area contributed by atoms with Crippen LogP contribution in [0.5, 0.6) is 5.75 Å². The molecule has 3 atom stereocenters. The summed E-state index contributed by atoms with van der Waals surface area (Å²) in [6.45, 7) is 12.4. The number of rotatable bonds is 4. The highest BCUT2D eigenvalue weighted by atomic mass is 16.6. The Kier molecular flexibility index (Phi) is 13.6. The van der Waals surface area contributed by atoms with E-state index in [9.17, 15) is 5.11 Å². The van der Waals surface area contributed by atoms with E-state index in [1.807, 2.05) is 59.7 Å². The average molecular weight is 379 g/mol. The summed E-state index contributed by atoms with van der Waals surface area (Å²) in [5, 5.41) is 12.4. The fourth-order valence-corrected chi connectivity index (χ4v) is 2.91. The zero-order chi connectivity index (χ0) is 20.8. The summed E-state index contributed by atoms with van der Waals surface area (Å²) in [5.74, 6) is 0.795. The molecule has 1 unspecified atom stereocenters. The highest BCUT2D eigenvalue weighted by molar-refractivity contribution is 5.85. The lowest BCUT2D eigenvalue weighted by Gasteiger charge is -2.17. The van der Waals surface area contributed by atoms with Crippen LogP contribution in [0.4, 0.5) is 0 Å². The minimum absolute atomic E-state index is 0.167. The van der Waals surface area contributed by atoms with Gasteiger partial charge in [0.15, 0.2) is 0 Å². The number of hydrogen-bond acceptors (Lipinski definition) is 4. The van der Waals surface area contributed by atoms with E-state index in [2.05, 4.69) is 18.2 Å². The molecule has 27 heavy (non-hydrogen) atoms. The zero-order valence-corrected chi connectivity index (χ0v) is 18.3. The molecule has 1 heterocycles. The maximum atomic E-state index is 10.1. The third-order valence-electron chi connectivity index (χ3n) is 4.00. The highest BCUT2D eigenvalue weighted by Crippen LogP contribution is 2.39. The molecule has 0 amide bonds. The van der Waals surface area contributed by atoms with Gasteiger partial charge < -0.3 is 19.3 Å². The first-order chi connectivity index (χ1) is 13.2. The third kappa shape index (κ3) is 6.80. The van der Waals surface area contributed by atoms with Crippen LogP contribution in [-0.2, 0) is 9.47 Å². The van der Waals surface area contributed by atoms with E-state index < -0.39 is 6.10 Å². The molecule has 0 radical (unpaired) electrons. The molecular weight excluding hydrogens is 340 g/mol. The maximum absolute atomic E-state index is 10.1. The van der Waals surface area contributed by atoms with Crippen LogP contribution in [0.15, 0.2) is 36.4 Å². The number of ether oxygens (including phenoxy) is 3. The molecule has 2 aromatic rings. The monoisotopic (exact) mass is 378 g/mol. The van der Waals surface area contributed by atoms with Crippen molar-refractivity contribution in [1.82, 2.24) is 0 Å². The van der Waals surface area contributed by atoms with Crippen molar-refractivity contribution in [3.63, 3.8) is 0 Å². The summed E-state index contributed by atoms with van der Waals surface area (Å²) in [7, 11) is 3.27. The molecule has 0 saturated carbocycles. The molecule has 0 bridgehead atoms. The van der Waals surface area contributed by atoms with E-state index in [0.717, 1.165) is 22.1 Å². The van der Waals surface area contributed by atoms with E-state index in [-0.39, 0.29) is 12.2 Å². The van der Waals surface area contributed by atoms with Gasteiger partial charge >= 0.3 is 0 Å². The Balaban J connectivity index is 0.00000103. The van der Waals surface area contributed by atoms with Gasteiger partial charge in [0.2, 0.25) is 0 Å². The first-order valence-electron chi connectivity index (χ1n) is 10.1. The molecule has 4 nitrogen and oxygen atoms in total. The molecule has 0 aromatic heterocycles. The summed E-state index contributed by atoms with van der Waals surface area (Å²) in [5.41, 5.74) is 0.980. The quantitative estimate of drug-likeness (QED) is 0.734. The van der Waals surface area contributed by atoms with Gasteiger partial charge in [-0.05, 0) is 22.9 Å². The van der Waals surface area contributed by atoms with Gasteiger partial charge in [-0.25, -0.2) is 0 Å². The molecule has 3 rings (SSSR count). The average Bonchev–Trinajstić information content (AvgIpc) is 3.12. The van der Waals surface area contributed by atoms with Crippen molar-refractivity contribution >= 4 is 10.8 Å². The van der Waals surface area contributed by atoms with Gasteiger partial charge in [0.1, 0.15) is 11.9 Å². The highest BCUT2D eigenvalue weighted by Gasteiger charge is 2.36. The van der Waals surface area contributed by atoms with Crippen LogP contribution >= 0.6 is 0 Å². The summed E-state index contributed by atoms with van der Waals surface area (Å²) in [6, 6.07) is 12.2. The van der Waals surface area contributed by atoms with Crippen molar-refractivity contribution in [1.29, 1.82) is 0 Å². The van der Waals surface area contributed by atoms with Crippen molar-refractivity contribution in [2.24, 2.45) is 0 Å². The Morgan fingerprint density at radius 3 is 2.04 bits per heavy atom. The van der Waals surface area contributed by atoms with Crippen LogP contribution in [0.25, 0.3) is 10.8 Å². The summed E-state index contributed by atoms with van der Waals surface area (Å²) < 4.78 is 16.5. The van der Waals surface area contributed by atoms with Gasteiger partial charge in [-0.2, -0.15) is 0 Å². The SMILES string of the molecule is CC.CC.CC.COC[C@H]1O[C@@H](c2cc3ccccc3cc2OC)CC1O. The van der Waals surface area contributed by atoms with E-state index in [1.165, 1.54) is 0 Å². The minimum atomic E-state index is -0.508. The normalized spacial score (nSPS) is 20.4. The molecule has 4 heteroatoms. The number of fused-ring (bicyclic) bond motifs is 1. The number of hydrogen-bond donors (Lipinski definition) is 1. The van der Waals surface area contributed by atoms with Crippen LogP contribution in [0.2, 0.25) is 0 Å². The van der Waals surface area contributed by atoms with E-state index in [4.69, 9.17) is 14.2 Å². The molecule has 0 aliphatic carbocycles. The predicted molar refractivity (Wildman–Crippen MR) is 115 cm³/mol. The van der Waals surface area contributed by atoms with Gasteiger partial charge in [-0.1, -0.05) is 65.8 Å². The first kappa shape index (κ1) is 25.4. The summed E-state index contributed by atoms with van der Waals surface area (Å²) in [4.78, 5) is 0. The van der Waals surface area contributed by atoms with Crippen LogP contribution < -0.4 is 4.74 Å². The molecule has 1 aliphatic rings. The Bertz CT molecular complexity index is 627. The molecule has 2 aromatic carbocycles. The van der Waals surface area contributed by atoms with Crippen molar-refractivity contribution in [2.75, 3.05) is 20.8 Å². The number of benzene rings is 2. The Morgan fingerprint density at radius 1 is 0.963 bits per heavy atom. The van der Waals surface area contributed by atoms with Gasteiger partial charge in [-0.3, -0.25) is 0 Å².